The van der Waals surface area contributed by atoms with Gasteiger partial charge in [-0.1, -0.05) is 48.0 Å². The van der Waals surface area contributed by atoms with Crippen molar-refractivity contribution in [2.45, 2.75) is 6.54 Å². The molecule has 0 radical (unpaired) electrons. The molecule has 0 bridgehead atoms. The van der Waals surface area contributed by atoms with E-state index in [9.17, 15) is 4.39 Å². The van der Waals surface area contributed by atoms with Crippen LogP contribution in [0, 0.1) is 5.82 Å². The summed E-state index contributed by atoms with van der Waals surface area (Å²) in [7, 11) is 0. The van der Waals surface area contributed by atoms with Gasteiger partial charge in [-0.15, -0.1) is 0 Å². The van der Waals surface area contributed by atoms with Gasteiger partial charge in [-0.25, -0.2) is 4.39 Å². The Hall–Kier alpha value is -3.05. The average molecular weight is 381 g/mol. The highest BCUT2D eigenvalue weighted by Crippen LogP contribution is 2.21. The Morgan fingerprint density at radius 1 is 1.15 bits per heavy atom. The van der Waals surface area contributed by atoms with Gasteiger partial charge in [0.05, 0.1) is 29.5 Å². The number of allylic oxidation sites excluding steroid dienone is 4. The van der Waals surface area contributed by atoms with Gasteiger partial charge < -0.3 is 5.73 Å². The van der Waals surface area contributed by atoms with Crippen molar-refractivity contribution < 1.29 is 4.39 Å². The Morgan fingerprint density at radius 2 is 1.96 bits per heavy atom. The molecular formula is C21H18ClFN4. The number of nitrogens with two attached hydrogens (primary N) is 1. The van der Waals surface area contributed by atoms with E-state index in [4.69, 9.17) is 17.3 Å². The highest BCUT2D eigenvalue weighted by atomic mass is 35.5. The summed E-state index contributed by atoms with van der Waals surface area (Å²) in [5, 5.41) is 0.266. The van der Waals surface area contributed by atoms with Crippen LogP contribution in [0.2, 0.25) is 0 Å². The Labute approximate surface area is 162 Å². The number of hydrogen-bond acceptors (Lipinski definition) is 4. The number of aliphatic imine (C=N–C) groups is 2. The van der Waals surface area contributed by atoms with E-state index in [0.717, 1.165) is 5.57 Å². The first-order valence-electron chi connectivity index (χ1n) is 8.37. The Bertz CT molecular complexity index is 959. The number of aromatic nitrogens is 1. The molecule has 2 N–H and O–H groups in total. The molecule has 2 heterocycles. The standard InChI is InChI=1S/C21H18ClFN4/c22-19(20(24)16-8-3-5-11-25-13-16)21(18-10-4-6-12-26-18)27-14-15-7-1-2-9-17(15)23/h1-12H,13-14,24H2. The summed E-state index contributed by atoms with van der Waals surface area (Å²) in [6.07, 6.45) is 8.88. The van der Waals surface area contributed by atoms with Gasteiger partial charge in [-0.3, -0.25) is 15.0 Å². The fourth-order valence-corrected chi connectivity index (χ4v) is 2.76. The zero-order chi connectivity index (χ0) is 19.1. The molecule has 0 amide bonds. The first-order chi connectivity index (χ1) is 13.2. The largest absolute Gasteiger partial charge is 0.397 e. The van der Waals surface area contributed by atoms with E-state index in [0.29, 0.717) is 29.2 Å². The van der Waals surface area contributed by atoms with Gasteiger partial charge in [0, 0.05) is 18.0 Å². The van der Waals surface area contributed by atoms with Crippen molar-refractivity contribution in [3.8, 4) is 0 Å². The van der Waals surface area contributed by atoms with E-state index in [1.54, 1.807) is 42.7 Å². The van der Waals surface area contributed by atoms with Gasteiger partial charge in [0.25, 0.3) is 0 Å². The molecule has 0 saturated heterocycles. The molecule has 0 fully saturated rings. The molecule has 1 aromatic heterocycles. The van der Waals surface area contributed by atoms with Crippen molar-refractivity contribution in [2.24, 2.45) is 15.7 Å². The maximum atomic E-state index is 14.0. The lowest BCUT2D eigenvalue weighted by Crippen LogP contribution is -2.14. The molecule has 0 aliphatic carbocycles. The van der Waals surface area contributed by atoms with Crippen LogP contribution in [0.5, 0.6) is 0 Å². The van der Waals surface area contributed by atoms with E-state index in [2.05, 4.69) is 15.0 Å². The summed E-state index contributed by atoms with van der Waals surface area (Å²) >= 11 is 6.60. The van der Waals surface area contributed by atoms with Crippen LogP contribution in [0.1, 0.15) is 11.3 Å². The van der Waals surface area contributed by atoms with Gasteiger partial charge in [-0.05, 0) is 29.8 Å². The molecule has 1 aliphatic rings. The Kier molecular flexibility index (Phi) is 6.28. The average Bonchev–Trinajstić information content (AvgIpc) is 2.99. The SMILES string of the molecule is NC(C1=CC=CC=NC1)=C(Cl)C(=NCc1ccccc1F)c1ccccn1. The number of nitrogens with zero attached hydrogens (tertiary/aromatic N) is 3. The van der Waals surface area contributed by atoms with Crippen molar-refractivity contribution in [2.75, 3.05) is 6.54 Å². The quantitative estimate of drug-likeness (QED) is 0.790. The molecule has 136 valence electrons. The molecule has 1 aliphatic heterocycles. The lowest BCUT2D eigenvalue weighted by molar-refractivity contribution is 0.611. The molecule has 0 saturated carbocycles. The van der Waals surface area contributed by atoms with Gasteiger partial charge >= 0.3 is 0 Å². The molecular weight excluding hydrogens is 363 g/mol. The number of pyridine rings is 1. The van der Waals surface area contributed by atoms with E-state index in [1.165, 1.54) is 6.07 Å². The van der Waals surface area contributed by atoms with Crippen molar-refractivity contribution in [1.82, 2.24) is 4.98 Å². The topological polar surface area (TPSA) is 63.6 Å². The van der Waals surface area contributed by atoms with Crippen LogP contribution in [0.15, 0.2) is 93.2 Å². The molecule has 3 rings (SSSR count). The van der Waals surface area contributed by atoms with Crippen LogP contribution in [-0.2, 0) is 6.54 Å². The second kappa shape index (κ2) is 9.05. The second-order valence-corrected chi connectivity index (χ2v) is 6.14. The van der Waals surface area contributed by atoms with E-state index < -0.39 is 0 Å². The van der Waals surface area contributed by atoms with Gasteiger partial charge in [-0.2, -0.15) is 0 Å². The third-order valence-corrected chi connectivity index (χ3v) is 4.31. The lowest BCUT2D eigenvalue weighted by atomic mass is 10.1. The van der Waals surface area contributed by atoms with E-state index in [-0.39, 0.29) is 17.4 Å². The second-order valence-electron chi connectivity index (χ2n) is 5.77. The summed E-state index contributed by atoms with van der Waals surface area (Å²) in [5.74, 6) is -0.319. The smallest absolute Gasteiger partial charge is 0.128 e. The minimum atomic E-state index is -0.319. The predicted octanol–water partition coefficient (Wildman–Crippen LogP) is 4.19. The highest BCUT2D eigenvalue weighted by molar-refractivity contribution is 6.46. The molecule has 0 spiro atoms. The molecule has 0 unspecified atom stereocenters. The van der Waals surface area contributed by atoms with Gasteiger partial charge in [0.1, 0.15) is 11.5 Å². The van der Waals surface area contributed by atoms with Crippen LogP contribution in [0.4, 0.5) is 4.39 Å². The van der Waals surface area contributed by atoms with Crippen LogP contribution in [0.3, 0.4) is 0 Å². The molecule has 1 aromatic carbocycles. The summed E-state index contributed by atoms with van der Waals surface area (Å²) in [6, 6.07) is 11.9. The van der Waals surface area contributed by atoms with Crippen molar-refractivity contribution in [1.29, 1.82) is 0 Å². The van der Waals surface area contributed by atoms with Crippen LogP contribution >= 0.6 is 11.6 Å². The highest BCUT2D eigenvalue weighted by Gasteiger charge is 2.16. The fraction of sp³-hybridized carbons (Fsp3) is 0.0952. The van der Waals surface area contributed by atoms with Crippen molar-refractivity contribution in [3.63, 3.8) is 0 Å². The normalized spacial score (nSPS) is 15.2. The molecule has 4 nitrogen and oxygen atoms in total. The maximum absolute atomic E-state index is 14.0. The molecule has 2 aromatic rings. The predicted molar refractivity (Wildman–Crippen MR) is 109 cm³/mol. The van der Waals surface area contributed by atoms with Crippen molar-refractivity contribution >= 4 is 23.5 Å². The molecule has 6 heteroatoms. The number of hydrogen-bond donors (Lipinski definition) is 1. The van der Waals surface area contributed by atoms with E-state index >= 15 is 0 Å². The minimum absolute atomic E-state index is 0.124. The lowest BCUT2D eigenvalue weighted by Gasteiger charge is -2.11. The zero-order valence-electron chi connectivity index (χ0n) is 14.5. The van der Waals surface area contributed by atoms with Gasteiger partial charge in [0.2, 0.25) is 0 Å². The van der Waals surface area contributed by atoms with Crippen LogP contribution < -0.4 is 5.73 Å². The van der Waals surface area contributed by atoms with Gasteiger partial charge in [0.15, 0.2) is 0 Å². The monoisotopic (exact) mass is 380 g/mol. The van der Waals surface area contributed by atoms with E-state index in [1.807, 2.05) is 24.3 Å². The summed E-state index contributed by atoms with van der Waals surface area (Å²) in [5.41, 5.74) is 8.88. The molecule has 27 heavy (non-hydrogen) atoms. The number of halogens is 2. The first-order valence-corrected chi connectivity index (χ1v) is 8.75. The summed E-state index contributed by atoms with van der Waals surface area (Å²) in [6.45, 7) is 0.539. The van der Waals surface area contributed by atoms with Crippen LogP contribution in [0.25, 0.3) is 0 Å². The summed E-state index contributed by atoms with van der Waals surface area (Å²) in [4.78, 5) is 13.1. The Balaban J connectivity index is 2.02. The Morgan fingerprint density at radius 3 is 2.74 bits per heavy atom. The molecule has 0 atom stereocenters. The number of rotatable bonds is 5. The first kappa shape index (κ1) is 18.7. The fourth-order valence-electron chi connectivity index (χ4n) is 2.49. The van der Waals surface area contributed by atoms with Crippen molar-refractivity contribution in [3.05, 3.63) is 100 Å². The minimum Gasteiger partial charge on any atom is -0.397 e. The number of benzene rings is 1. The third kappa shape index (κ3) is 4.77. The van der Waals surface area contributed by atoms with Crippen LogP contribution in [-0.4, -0.2) is 23.5 Å². The summed E-state index contributed by atoms with van der Waals surface area (Å²) < 4.78 is 14.0. The third-order valence-electron chi connectivity index (χ3n) is 3.92. The zero-order valence-corrected chi connectivity index (χ0v) is 15.3. The maximum Gasteiger partial charge on any atom is 0.128 e.